The number of methoxy groups -OCH3 is 1. The van der Waals surface area contributed by atoms with Gasteiger partial charge in [-0.15, -0.1) is 0 Å². The lowest BCUT2D eigenvalue weighted by Crippen LogP contribution is -2.53. The van der Waals surface area contributed by atoms with E-state index in [1.165, 1.54) is 12.8 Å². The van der Waals surface area contributed by atoms with E-state index < -0.39 is 5.60 Å². The maximum absolute atomic E-state index is 12.1. The summed E-state index contributed by atoms with van der Waals surface area (Å²) < 4.78 is 11.3. The van der Waals surface area contributed by atoms with Crippen LogP contribution in [0.5, 0.6) is 5.75 Å². The quantitative estimate of drug-likeness (QED) is 0.616. The Morgan fingerprint density at radius 1 is 1.00 bits per heavy atom. The zero-order valence-electron chi connectivity index (χ0n) is 20.0. The van der Waals surface area contributed by atoms with Gasteiger partial charge in [0, 0.05) is 5.41 Å². The van der Waals surface area contributed by atoms with Gasteiger partial charge in [-0.05, 0) is 92.2 Å². The van der Waals surface area contributed by atoms with Gasteiger partial charge < -0.3 is 19.7 Å². The van der Waals surface area contributed by atoms with Crippen LogP contribution in [-0.2, 0) is 10.3 Å². The van der Waals surface area contributed by atoms with E-state index in [4.69, 9.17) is 14.6 Å². The summed E-state index contributed by atoms with van der Waals surface area (Å²) in [6.45, 7) is 5.43. The number of ether oxygens (including phenoxy) is 2. The minimum absolute atomic E-state index is 0.0775. The molecule has 4 aliphatic rings. The molecule has 5 rings (SSSR count). The first-order valence-electron chi connectivity index (χ1n) is 12.6. The second-order valence-corrected chi connectivity index (χ2v) is 11.3. The van der Waals surface area contributed by atoms with Crippen LogP contribution in [0, 0.1) is 28.6 Å². The number of fused-ring (bicyclic) bond motifs is 5. The van der Waals surface area contributed by atoms with Crippen LogP contribution in [-0.4, -0.2) is 36.6 Å². The van der Waals surface area contributed by atoms with Crippen LogP contribution in [0.15, 0.2) is 35.9 Å². The molecule has 0 saturated heterocycles. The van der Waals surface area contributed by atoms with Gasteiger partial charge >= 0.3 is 0 Å². The fourth-order valence-corrected chi connectivity index (χ4v) is 8.35. The molecule has 32 heavy (non-hydrogen) atoms. The topological polar surface area (TPSA) is 58.9 Å². The molecule has 0 spiro atoms. The minimum Gasteiger partial charge on any atom is -0.497 e. The first kappa shape index (κ1) is 22.4. The van der Waals surface area contributed by atoms with Crippen LogP contribution in [0.3, 0.4) is 0 Å². The van der Waals surface area contributed by atoms with Crippen molar-refractivity contribution in [3.63, 3.8) is 0 Å². The van der Waals surface area contributed by atoms with Crippen LogP contribution in [0.4, 0.5) is 0 Å². The molecule has 1 aromatic rings. The Balaban J connectivity index is 1.40. The van der Waals surface area contributed by atoms with Gasteiger partial charge in [0.15, 0.2) is 0 Å². The average Bonchev–Trinajstić information content (AvgIpc) is 3.09. The molecule has 3 saturated carbocycles. The number of hydrogen-bond acceptors (Lipinski definition) is 4. The van der Waals surface area contributed by atoms with E-state index in [0.717, 1.165) is 49.8 Å². The molecule has 0 aliphatic heterocycles. The normalized spacial score (nSPS) is 43.1. The summed E-state index contributed by atoms with van der Waals surface area (Å²) in [5.74, 6) is 2.77. The van der Waals surface area contributed by atoms with Gasteiger partial charge in [-0.25, -0.2) is 0 Å². The Morgan fingerprint density at radius 3 is 2.47 bits per heavy atom. The molecule has 176 valence electrons. The number of rotatable bonds is 5. The summed E-state index contributed by atoms with van der Waals surface area (Å²) in [6.07, 6.45) is 11.5. The molecule has 4 heteroatoms. The summed E-state index contributed by atoms with van der Waals surface area (Å²) >= 11 is 0. The van der Waals surface area contributed by atoms with E-state index in [-0.39, 0.29) is 23.5 Å². The Hall–Kier alpha value is -1.36. The molecule has 0 radical (unpaired) electrons. The maximum Gasteiger partial charge on any atom is 0.118 e. The Bertz CT molecular complexity index is 863. The molecule has 1 aromatic carbocycles. The second kappa shape index (κ2) is 8.14. The van der Waals surface area contributed by atoms with Crippen molar-refractivity contribution in [2.45, 2.75) is 76.9 Å². The molecule has 0 heterocycles. The molecule has 0 aromatic heterocycles. The second-order valence-electron chi connectivity index (χ2n) is 11.3. The standard InChI is InChI=1S/C28H40O4/c1-26-13-10-22(32-17-16-29)18-20(26)6-9-23-24(26)11-14-27(2)25(23)12-15-28(27,30)19-4-7-21(31-3)8-5-19/h4-8,22-25,29-30H,9-18H2,1-3H3/t22?,23-,24-,25+,26+,27+,28?/m1/s1. The Morgan fingerprint density at radius 2 is 1.75 bits per heavy atom. The van der Waals surface area contributed by atoms with Crippen molar-refractivity contribution in [1.82, 2.24) is 0 Å². The fraction of sp³-hybridized carbons (Fsp3) is 0.714. The Kier molecular flexibility index (Phi) is 5.71. The van der Waals surface area contributed by atoms with E-state index in [2.05, 4.69) is 32.1 Å². The zero-order valence-corrected chi connectivity index (χ0v) is 20.0. The number of benzene rings is 1. The van der Waals surface area contributed by atoms with Gasteiger partial charge in [-0.2, -0.15) is 0 Å². The van der Waals surface area contributed by atoms with E-state index in [1.54, 1.807) is 12.7 Å². The number of aliphatic hydroxyl groups is 2. The lowest BCUT2D eigenvalue weighted by Gasteiger charge is -2.59. The van der Waals surface area contributed by atoms with Gasteiger partial charge in [0.1, 0.15) is 5.75 Å². The first-order chi connectivity index (χ1) is 15.4. The van der Waals surface area contributed by atoms with Crippen molar-refractivity contribution in [3.8, 4) is 5.75 Å². The molecule has 2 N–H and O–H groups in total. The van der Waals surface area contributed by atoms with E-state index in [9.17, 15) is 5.11 Å². The third kappa shape index (κ3) is 3.20. The molecule has 4 nitrogen and oxygen atoms in total. The van der Waals surface area contributed by atoms with Crippen LogP contribution < -0.4 is 4.74 Å². The third-order valence-corrected chi connectivity index (χ3v) is 10.2. The number of hydrogen-bond donors (Lipinski definition) is 2. The largest absolute Gasteiger partial charge is 0.497 e. The summed E-state index contributed by atoms with van der Waals surface area (Å²) in [6, 6.07) is 8.13. The highest BCUT2D eigenvalue weighted by Crippen LogP contribution is 2.69. The Labute approximate surface area is 193 Å². The van der Waals surface area contributed by atoms with E-state index in [1.807, 2.05) is 12.1 Å². The van der Waals surface area contributed by atoms with Crippen molar-refractivity contribution in [2.75, 3.05) is 20.3 Å². The van der Waals surface area contributed by atoms with Crippen LogP contribution in [0.1, 0.15) is 70.8 Å². The maximum atomic E-state index is 12.1. The molecule has 4 aliphatic carbocycles. The SMILES string of the molecule is COc1ccc(C2(O)CC[C@H]3[C@@H]4CC=C5CC(OCCO)CC[C@]5(C)[C@@H]4CC[C@@]32C)cc1. The first-order valence-corrected chi connectivity index (χ1v) is 12.6. The van der Waals surface area contributed by atoms with Crippen LogP contribution >= 0.6 is 0 Å². The van der Waals surface area contributed by atoms with Gasteiger partial charge in [-0.1, -0.05) is 37.6 Å². The van der Waals surface area contributed by atoms with Crippen molar-refractivity contribution in [2.24, 2.45) is 28.6 Å². The summed E-state index contributed by atoms with van der Waals surface area (Å²) in [7, 11) is 1.69. The fourth-order valence-electron chi connectivity index (χ4n) is 8.35. The predicted octanol–water partition coefficient (Wildman–Crippen LogP) is 5.22. The molecule has 7 atom stereocenters. The van der Waals surface area contributed by atoms with Gasteiger partial charge in [0.05, 0.1) is 32.0 Å². The predicted molar refractivity (Wildman–Crippen MR) is 125 cm³/mol. The monoisotopic (exact) mass is 440 g/mol. The van der Waals surface area contributed by atoms with E-state index >= 15 is 0 Å². The molecular weight excluding hydrogens is 400 g/mol. The summed E-state index contributed by atoms with van der Waals surface area (Å²) in [5, 5.41) is 21.2. The third-order valence-electron chi connectivity index (χ3n) is 10.2. The van der Waals surface area contributed by atoms with Crippen molar-refractivity contribution < 1.29 is 19.7 Å². The summed E-state index contributed by atoms with van der Waals surface area (Å²) in [4.78, 5) is 0. The highest BCUT2D eigenvalue weighted by Gasteiger charge is 2.64. The van der Waals surface area contributed by atoms with Crippen LogP contribution in [0.25, 0.3) is 0 Å². The summed E-state index contributed by atoms with van der Waals surface area (Å²) in [5.41, 5.74) is 2.09. The lowest BCUT2D eigenvalue weighted by molar-refractivity contribution is -0.130. The van der Waals surface area contributed by atoms with Crippen LogP contribution in [0.2, 0.25) is 0 Å². The smallest absolute Gasteiger partial charge is 0.118 e. The van der Waals surface area contributed by atoms with Crippen molar-refractivity contribution in [1.29, 1.82) is 0 Å². The molecule has 2 unspecified atom stereocenters. The van der Waals surface area contributed by atoms with Gasteiger partial charge in [-0.3, -0.25) is 0 Å². The van der Waals surface area contributed by atoms with Crippen molar-refractivity contribution >= 4 is 0 Å². The number of allylic oxidation sites excluding steroid dienone is 1. The average molecular weight is 441 g/mol. The highest BCUT2D eigenvalue weighted by molar-refractivity contribution is 5.35. The lowest BCUT2D eigenvalue weighted by atomic mass is 9.46. The zero-order chi connectivity index (χ0) is 22.6. The molecular formula is C28H40O4. The number of aliphatic hydroxyl groups excluding tert-OH is 1. The molecule has 0 bridgehead atoms. The van der Waals surface area contributed by atoms with Crippen molar-refractivity contribution in [3.05, 3.63) is 41.5 Å². The van der Waals surface area contributed by atoms with Gasteiger partial charge in [0.25, 0.3) is 0 Å². The molecule has 0 amide bonds. The van der Waals surface area contributed by atoms with E-state index in [0.29, 0.717) is 24.4 Å². The van der Waals surface area contributed by atoms with Gasteiger partial charge in [0.2, 0.25) is 0 Å². The molecule has 3 fully saturated rings. The minimum atomic E-state index is -0.754. The highest BCUT2D eigenvalue weighted by atomic mass is 16.5.